The molecule has 0 atom stereocenters. The van der Waals surface area contributed by atoms with Crippen LogP contribution in [-0.2, 0) is 0 Å². The lowest BCUT2D eigenvalue weighted by atomic mass is 9.99. The Labute approximate surface area is 310 Å². The topological polar surface area (TPSA) is 0 Å². The second-order valence-corrected chi connectivity index (χ2v) is 18.2. The summed E-state index contributed by atoms with van der Waals surface area (Å²) in [5.74, 6) is 0. The van der Waals surface area contributed by atoms with Crippen molar-refractivity contribution in [2.24, 2.45) is 0 Å². The van der Waals surface area contributed by atoms with Gasteiger partial charge in [0, 0.05) is 5.54 Å². The molecule has 0 aliphatic heterocycles. The van der Waals surface area contributed by atoms with Crippen molar-refractivity contribution < 1.29 is 0 Å². The maximum Gasteiger partial charge on any atom is 0.159 e. The Balaban J connectivity index is 1.56. The standard InChI is InChI=1S/C51H44Si/c1-36-37(2)39(4)51(38(36)3)52(48-28-18-9-19-29-48,49-32-44(40-20-10-5-11-21-40)30-45(33-49)41-22-12-6-13-23-41)50-34-46(42-24-14-7-15-25-42)31-47(35-50)43-26-16-8-17-27-43/h5-35,51H,1-4H3. The molecule has 0 N–H and O–H groups in total. The van der Waals surface area contributed by atoms with Crippen molar-refractivity contribution in [1.29, 1.82) is 0 Å². The maximum absolute atomic E-state index is 2.97. The zero-order chi connectivity index (χ0) is 35.7. The van der Waals surface area contributed by atoms with Gasteiger partial charge in [-0.3, -0.25) is 0 Å². The van der Waals surface area contributed by atoms with E-state index in [-0.39, 0.29) is 5.54 Å². The van der Waals surface area contributed by atoms with Crippen molar-refractivity contribution in [2.75, 3.05) is 0 Å². The molecule has 0 aromatic heterocycles. The third-order valence-electron chi connectivity index (χ3n) is 11.5. The Morgan fingerprint density at radius 2 is 0.558 bits per heavy atom. The Hall–Kier alpha value is -5.76. The summed E-state index contributed by atoms with van der Waals surface area (Å²) in [6.45, 7) is 9.49. The van der Waals surface area contributed by atoms with Gasteiger partial charge in [0.15, 0.2) is 8.07 Å². The fourth-order valence-electron chi connectivity index (χ4n) is 8.60. The first-order chi connectivity index (χ1) is 25.4. The molecular weight excluding hydrogens is 641 g/mol. The molecule has 0 saturated heterocycles. The van der Waals surface area contributed by atoms with Gasteiger partial charge >= 0.3 is 0 Å². The third kappa shape index (κ3) is 5.92. The second kappa shape index (κ2) is 14.1. The first-order valence-electron chi connectivity index (χ1n) is 18.4. The van der Waals surface area contributed by atoms with Gasteiger partial charge in [-0.25, -0.2) is 0 Å². The van der Waals surface area contributed by atoms with Gasteiger partial charge in [0.05, 0.1) is 0 Å². The van der Waals surface area contributed by atoms with Crippen LogP contribution in [0.25, 0.3) is 44.5 Å². The maximum atomic E-state index is 2.54. The van der Waals surface area contributed by atoms with Gasteiger partial charge in [0.2, 0.25) is 0 Å². The molecule has 0 spiro atoms. The molecular formula is C51H44Si. The van der Waals surface area contributed by atoms with Crippen LogP contribution >= 0.6 is 0 Å². The van der Waals surface area contributed by atoms with Crippen LogP contribution < -0.4 is 15.6 Å². The average Bonchev–Trinajstić information content (AvgIpc) is 3.41. The SMILES string of the molecule is CC1=C(C)C([Si](c2ccccc2)(c2cc(-c3ccccc3)cc(-c3ccccc3)c2)c2cc(-c3ccccc3)cc(-c3ccccc3)c2)C(C)=C1C. The van der Waals surface area contributed by atoms with Crippen molar-refractivity contribution in [1.82, 2.24) is 0 Å². The highest BCUT2D eigenvalue weighted by atomic mass is 28.3. The molecule has 0 heterocycles. The van der Waals surface area contributed by atoms with E-state index in [1.54, 1.807) is 0 Å². The van der Waals surface area contributed by atoms with Gasteiger partial charge in [-0.15, -0.1) is 0 Å². The molecule has 7 aromatic rings. The van der Waals surface area contributed by atoms with E-state index in [1.807, 2.05) is 0 Å². The van der Waals surface area contributed by atoms with Crippen molar-refractivity contribution >= 4 is 23.6 Å². The molecule has 0 amide bonds. The highest BCUT2D eigenvalue weighted by molar-refractivity contribution is 7.13. The minimum absolute atomic E-state index is 0.235. The molecule has 0 unspecified atom stereocenters. The zero-order valence-corrected chi connectivity index (χ0v) is 31.5. The van der Waals surface area contributed by atoms with E-state index in [1.165, 1.54) is 82.4 Å². The van der Waals surface area contributed by atoms with Crippen molar-refractivity contribution in [3.05, 3.63) is 210 Å². The van der Waals surface area contributed by atoms with E-state index in [4.69, 9.17) is 0 Å². The van der Waals surface area contributed by atoms with Crippen LogP contribution in [0, 0.1) is 0 Å². The predicted octanol–water partition coefficient (Wildman–Crippen LogP) is 11.9. The monoisotopic (exact) mass is 684 g/mol. The van der Waals surface area contributed by atoms with E-state index in [0.29, 0.717) is 0 Å². The van der Waals surface area contributed by atoms with Crippen molar-refractivity contribution in [3.63, 3.8) is 0 Å². The number of rotatable bonds is 8. The molecule has 1 aliphatic rings. The van der Waals surface area contributed by atoms with Gasteiger partial charge in [0.1, 0.15) is 0 Å². The largest absolute Gasteiger partial charge is 0.159 e. The molecule has 8 rings (SSSR count). The van der Waals surface area contributed by atoms with Crippen LogP contribution in [0.3, 0.4) is 0 Å². The number of hydrogen-bond acceptors (Lipinski definition) is 0. The highest BCUT2D eigenvalue weighted by Crippen LogP contribution is 2.47. The highest BCUT2D eigenvalue weighted by Gasteiger charge is 2.50. The molecule has 7 aromatic carbocycles. The van der Waals surface area contributed by atoms with Crippen LogP contribution in [0.15, 0.2) is 210 Å². The number of benzene rings is 7. The number of hydrogen-bond donors (Lipinski definition) is 0. The van der Waals surface area contributed by atoms with Gasteiger partial charge in [-0.05, 0) is 111 Å². The van der Waals surface area contributed by atoms with Crippen LogP contribution in [0.5, 0.6) is 0 Å². The molecule has 1 heteroatoms. The van der Waals surface area contributed by atoms with Gasteiger partial charge in [-0.2, -0.15) is 0 Å². The average molecular weight is 685 g/mol. The molecule has 52 heavy (non-hydrogen) atoms. The molecule has 1 aliphatic carbocycles. The predicted molar refractivity (Wildman–Crippen MR) is 226 cm³/mol. The molecule has 0 saturated carbocycles. The summed E-state index contributed by atoms with van der Waals surface area (Å²) in [5, 5.41) is 4.28. The van der Waals surface area contributed by atoms with Crippen LogP contribution in [-0.4, -0.2) is 8.07 Å². The Bertz CT molecular complexity index is 2140. The van der Waals surface area contributed by atoms with E-state index >= 15 is 0 Å². The second-order valence-electron chi connectivity index (χ2n) is 14.3. The quantitative estimate of drug-likeness (QED) is 0.110. The summed E-state index contributed by atoms with van der Waals surface area (Å²) in [6.07, 6.45) is 0. The lowest BCUT2D eigenvalue weighted by Gasteiger charge is -2.42. The minimum Gasteiger partial charge on any atom is -0.0647 e. The fourth-order valence-corrected chi connectivity index (χ4v) is 14.6. The van der Waals surface area contributed by atoms with Crippen LogP contribution in [0.2, 0.25) is 5.54 Å². The zero-order valence-electron chi connectivity index (χ0n) is 30.5. The smallest absolute Gasteiger partial charge is 0.0647 e. The van der Waals surface area contributed by atoms with Crippen LogP contribution in [0.1, 0.15) is 27.7 Å². The summed E-state index contributed by atoms with van der Waals surface area (Å²) >= 11 is 0. The van der Waals surface area contributed by atoms with Gasteiger partial charge < -0.3 is 0 Å². The summed E-state index contributed by atoms with van der Waals surface area (Å²) in [4.78, 5) is 0. The Morgan fingerprint density at radius 3 is 0.846 bits per heavy atom. The molecule has 0 bridgehead atoms. The van der Waals surface area contributed by atoms with Crippen molar-refractivity contribution in [2.45, 2.75) is 33.2 Å². The Kier molecular flexibility index (Phi) is 9.05. The lowest BCUT2D eigenvalue weighted by Crippen LogP contribution is -2.70. The molecule has 0 nitrogen and oxygen atoms in total. The summed E-state index contributed by atoms with van der Waals surface area (Å²) in [5.41, 5.74) is 16.0. The summed E-state index contributed by atoms with van der Waals surface area (Å²) in [7, 11) is -2.97. The van der Waals surface area contributed by atoms with Crippen LogP contribution in [0.4, 0.5) is 0 Å². The lowest BCUT2D eigenvalue weighted by molar-refractivity contribution is 1.09. The first-order valence-corrected chi connectivity index (χ1v) is 20.5. The molecule has 252 valence electrons. The van der Waals surface area contributed by atoms with Gasteiger partial charge in [-0.1, -0.05) is 187 Å². The number of allylic oxidation sites excluding steroid dienone is 4. The normalized spacial score (nSPS) is 13.5. The van der Waals surface area contributed by atoms with Crippen molar-refractivity contribution in [3.8, 4) is 44.5 Å². The van der Waals surface area contributed by atoms with Gasteiger partial charge in [0.25, 0.3) is 0 Å². The van der Waals surface area contributed by atoms with E-state index in [2.05, 4.69) is 216 Å². The molecule has 0 fully saturated rings. The first kappa shape index (κ1) is 33.4. The van der Waals surface area contributed by atoms with E-state index in [9.17, 15) is 0 Å². The van der Waals surface area contributed by atoms with E-state index in [0.717, 1.165) is 0 Å². The fraction of sp³-hybridized carbons (Fsp3) is 0.0980. The summed E-state index contributed by atoms with van der Waals surface area (Å²) < 4.78 is 0. The Morgan fingerprint density at radius 1 is 0.288 bits per heavy atom. The van der Waals surface area contributed by atoms with E-state index < -0.39 is 8.07 Å². The minimum atomic E-state index is -2.97. The summed E-state index contributed by atoms with van der Waals surface area (Å²) in [6, 6.07) is 70.2. The third-order valence-corrected chi connectivity index (χ3v) is 16.9. The molecule has 0 radical (unpaired) electrons.